The van der Waals surface area contributed by atoms with Crippen molar-refractivity contribution < 1.29 is 9.53 Å². The SMILES string of the molecule is O=C(Nc1ccc(N2CCOCC2)cn1)c1ccccc1Sc1ccc(Br)cn1. The molecule has 1 aliphatic heterocycles. The van der Waals surface area contributed by atoms with Crippen molar-refractivity contribution in [3.05, 3.63) is 71.0 Å². The molecule has 1 N–H and O–H groups in total. The monoisotopic (exact) mass is 470 g/mol. The van der Waals surface area contributed by atoms with E-state index in [1.807, 2.05) is 42.5 Å². The van der Waals surface area contributed by atoms with Crippen LogP contribution in [0.3, 0.4) is 0 Å². The normalized spacial score (nSPS) is 13.9. The maximum atomic E-state index is 12.8. The van der Waals surface area contributed by atoms with Crippen LogP contribution >= 0.6 is 27.7 Å². The van der Waals surface area contributed by atoms with E-state index in [1.165, 1.54) is 11.8 Å². The van der Waals surface area contributed by atoms with Crippen LogP contribution in [0.5, 0.6) is 0 Å². The Labute approximate surface area is 181 Å². The highest BCUT2D eigenvalue weighted by molar-refractivity contribution is 9.10. The maximum Gasteiger partial charge on any atom is 0.257 e. The molecule has 29 heavy (non-hydrogen) atoms. The molecule has 0 spiro atoms. The summed E-state index contributed by atoms with van der Waals surface area (Å²) in [4.78, 5) is 24.7. The van der Waals surface area contributed by atoms with Crippen LogP contribution in [0.15, 0.2) is 75.3 Å². The number of nitrogens with one attached hydrogen (secondary N) is 1. The van der Waals surface area contributed by atoms with Crippen molar-refractivity contribution in [2.45, 2.75) is 9.92 Å². The van der Waals surface area contributed by atoms with E-state index in [4.69, 9.17) is 4.74 Å². The molecule has 0 unspecified atom stereocenters. The average Bonchev–Trinajstić information content (AvgIpc) is 2.77. The largest absolute Gasteiger partial charge is 0.378 e. The molecule has 8 heteroatoms. The summed E-state index contributed by atoms with van der Waals surface area (Å²) in [6.07, 6.45) is 3.53. The van der Waals surface area contributed by atoms with Crippen LogP contribution in [0.1, 0.15) is 10.4 Å². The molecule has 4 rings (SSSR count). The number of aromatic nitrogens is 2. The molecule has 2 aromatic heterocycles. The quantitative estimate of drug-likeness (QED) is 0.592. The molecule has 3 aromatic rings. The van der Waals surface area contributed by atoms with E-state index >= 15 is 0 Å². The van der Waals surface area contributed by atoms with Gasteiger partial charge < -0.3 is 15.0 Å². The number of carbonyl (C=O) groups excluding carboxylic acids is 1. The third-order valence-corrected chi connectivity index (χ3v) is 5.91. The number of morpholine rings is 1. The zero-order chi connectivity index (χ0) is 20.1. The van der Waals surface area contributed by atoms with Crippen molar-refractivity contribution in [3.8, 4) is 0 Å². The van der Waals surface area contributed by atoms with E-state index in [-0.39, 0.29) is 5.91 Å². The fraction of sp³-hybridized carbons (Fsp3) is 0.190. The van der Waals surface area contributed by atoms with Crippen LogP contribution in [0.25, 0.3) is 0 Å². The number of hydrogen-bond acceptors (Lipinski definition) is 6. The molecule has 1 aromatic carbocycles. The number of benzene rings is 1. The first-order valence-electron chi connectivity index (χ1n) is 9.17. The van der Waals surface area contributed by atoms with E-state index in [0.717, 1.165) is 46.4 Å². The zero-order valence-electron chi connectivity index (χ0n) is 15.5. The Bertz CT molecular complexity index is 977. The Morgan fingerprint density at radius 1 is 1.03 bits per heavy atom. The predicted octanol–water partition coefficient (Wildman–Crippen LogP) is 4.48. The lowest BCUT2D eigenvalue weighted by Gasteiger charge is -2.28. The molecule has 1 amide bonds. The fourth-order valence-electron chi connectivity index (χ4n) is 2.93. The van der Waals surface area contributed by atoms with E-state index < -0.39 is 0 Å². The summed E-state index contributed by atoms with van der Waals surface area (Å²) in [6, 6.07) is 15.1. The number of rotatable bonds is 5. The summed E-state index contributed by atoms with van der Waals surface area (Å²) in [5.74, 6) is 0.324. The highest BCUT2D eigenvalue weighted by Crippen LogP contribution is 2.30. The van der Waals surface area contributed by atoms with Gasteiger partial charge in [0.15, 0.2) is 0 Å². The van der Waals surface area contributed by atoms with Crippen molar-refractivity contribution in [3.63, 3.8) is 0 Å². The number of halogens is 1. The summed E-state index contributed by atoms with van der Waals surface area (Å²) in [5, 5.41) is 3.71. The Kier molecular flexibility index (Phi) is 6.43. The van der Waals surface area contributed by atoms with Gasteiger partial charge in [0.1, 0.15) is 10.8 Å². The highest BCUT2D eigenvalue weighted by Gasteiger charge is 2.15. The topological polar surface area (TPSA) is 67.4 Å². The van der Waals surface area contributed by atoms with Gasteiger partial charge in [-0.1, -0.05) is 23.9 Å². The standard InChI is InChI=1S/C21H19BrN4O2S/c22-15-5-8-20(24-13-15)29-18-4-2-1-3-17(18)21(27)25-19-7-6-16(14-23-19)26-9-11-28-12-10-26/h1-8,13-14H,9-12H2,(H,23,25,27). The number of amides is 1. The highest BCUT2D eigenvalue weighted by atomic mass is 79.9. The smallest absolute Gasteiger partial charge is 0.257 e. The van der Waals surface area contributed by atoms with E-state index in [9.17, 15) is 4.79 Å². The molecule has 1 aliphatic rings. The lowest BCUT2D eigenvalue weighted by Crippen LogP contribution is -2.36. The Morgan fingerprint density at radius 3 is 2.59 bits per heavy atom. The predicted molar refractivity (Wildman–Crippen MR) is 118 cm³/mol. The minimum Gasteiger partial charge on any atom is -0.378 e. The number of ether oxygens (including phenoxy) is 1. The lowest BCUT2D eigenvalue weighted by molar-refractivity contribution is 0.102. The summed E-state index contributed by atoms with van der Waals surface area (Å²) < 4.78 is 6.29. The molecule has 6 nitrogen and oxygen atoms in total. The van der Waals surface area contributed by atoms with Crippen LogP contribution in [-0.4, -0.2) is 42.2 Å². The third kappa shape index (κ3) is 5.14. The molecular formula is C21H19BrN4O2S. The second-order valence-corrected chi connectivity index (χ2v) is 8.35. The molecule has 0 aliphatic carbocycles. The Morgan fingerprint density at radius 2 is 1.86 bits per heavy atom. The molecule has 3 heterocycles. The summed E-state index contributed by atoms with van der Waals surface area (Å²) >= 11 is 4.84. The van der Waals surface area contributed by atoms with Crippen molar-refractivity contribution in [1.29, 1.82) is 0 Å². The number of hydrogen-bond donors (Lipinski definition) is 1. The van der Waals surface area contributed by atoms with Crippen LogP contribution in [0.4, 0.5) is 11.5 Å². The molecule has 0 radical (unpaired) electrons. The van der Waals surface area contributed by atoms with Gasteiger partial charge in [-0.15, -0.1) is 0 Å². The van der Waals surface area contributed by atoms with Gasteiger partial charge >= 0.3 is 0 Å². The zero-order valence-corrected chi connectivity index (χ0v) is 17.9. The first-order valence-corrected chi connectivity index (χ1v) is 10.8. The first-order chi connectivity index (χ1) is 14.2. The lowest BCUT2D eigenvalue weighted by atomic mass is 10.2. The van der Waals surface area contributed by atoms with Gasteiger partial charge in [-0.3, -0.25) is 4.79 Å². The number of nitrogens with zero attached hydrogens (tertiary/aromatic N) is 3. The van der Waals surface area contributed by atoms with E-state index in [1.54, 1.807) is 18.5 Å². The van der Waals surface area contributed by atoms with Crippen LogP contribution in [-0.2, 0) is 4.74 Å². The second-order valence-electron chi connectivity index (χ2n) is 6.37. The van der Waals surface area contributed by atoms with E-state index in [2.05, 4.69) is 36.1 Å². The van der Waals surface area contributed by atoms with Gasteiger partial charge in [-0.05, 0) is 52.3 Å². The summed E-state index contributed by atoms with van der Waals surface area (Å²) in [6.45, 7) is 3.14. The number of anilines is 2. The molecule has 0 saturated carbocycles. The minimum atomic E-state index is -0.197. The van der Waals surface area contributed by atoms with Crippen LogP contribution in [0, 0.1) is 0 Å². The summed E-state index contributed by atoms with van der Waals surface area (Å²) in [7, 11) is 0. The van der Waals surface area contributed by atoms with Gasteiger partial charge in [0, 0.05) is 28.7 Å². The van der Waals surface area contributed by atoms with Crippen molar-refractivity contribution >= 4 is 45.1 Å². The van der Waals surface area contributed by atoms with E-state index in [0.29, 0.717) is 11.4 Å². The second kappa shape index (κ2) is 9.39. The van der Waals surface area contributed by atoms with Gasteiger partial charge in [-0.25, -0.2) is 9.97 Å². The molecule has 148 valence electrons. The van der Waals surface area contributed by atoms with Gasteiger partial charge in [0.25, 0.3) is 5.91 Å². The van der Waals surface area contributed by atoms with Gasteiger partial charge in [0.2, 0.25) is 0 Å². The maximum absolute atomic E-state index is 12.8. The van der Waals surface area contributed by atoms with Crippen LogP contribution < -0.4 is 10.2 Å². The van der Waals surface area contributed by atoms with Crippen molar-refractivity contribution in [2.75, 3.05) is 36.5 Å². The molecule has 1 saturated heterocycles. The first kappa shape index (κ1) is 19.9. The molecular weight excluding hydrogens is 452 g/mol. The number of carbonyl (C=O) groups is 1. The number of pyridine rings is 2. The average molecular weight is 471 g/mol. The Hall–Kier alpha value is -2.42. The van der Waals surface area contributed by atoms with Crippen molar-refractivity contribution in [1.82, 2.24) is 9.97 Å². The Balaban J connectivity index is 1.46. The van der Waals surface area contributed by atoms with Crippen LogP contribution in [0.2, 0.25) is 0 Å². The van der Waals surface area contributed by atoms with Gasteiger partial charge in [-0.2, -0.15) is 0 Å². The molecule has 1 fully saturated rings. The molecule has 0 atom stereocenters. The minimum absolute atomic E-state index is 0.197. The van der Waals surface area contributed by atoms with Crippen molar-refractivity contribution in [2.24, 2.45) is 0 Å². The fourth-order valence-corrected chi connectivity index (χ4v) is 4.05. The summed E-state index contributed by atoms with van der Waals surface area (Å²) in [5.41, 5.74) is 1.62. The van der Waals surface area contributed by atoms with Gasteiger partial charge in [0.05, 0.1) is 30.7 Å². The third-order valence-electron chi connectivity index (χ3n) is 4.41. The molecule has 0 bridgehead atoms.